The topological polar surface area (TPSA) is 106 Å². The average molecular weight is 397 g/mol. The van der Waals surface area contributed by atoms with Crippen molar-refractivity contribution >= 4 is 29.2 Å². The van der Waals surface area contributed by atoms with Crippen LogP contribution in [-0.4, -0.2) is 46.8 Å². The van der Waals surface area contributed by atoms with Crippen molar-refractivity contribution in [3.05, 3.63) is 43.0 Å². The van der Waals surface area contributed by atoms with E-state index in [1.54, 1.807) is 36.8 Å². The number of ether oxygens (including phenoxy) is 1. The number of anilines is 1. The number of nitrogens with zero attached hydrogens (tertiary/aromatic N) is 4. The molecule has 9 heteroatoms. The van der Waals surface area contributed by atoms with Crippen LogP contribution in [0.15, 0.2) is 48.0 Å². The smallest absolute Gasteiger partial charge is 0.335 e. The number of amides is 4. The molecule has 0 radical (unpaired) electrons. The van der Waals surface area contributed by atoms with Crippen LogP contribution in [-0.2, 0) is 16.1 Å². The monoisotopic (exact) mass is 397 g/mol. The Morgan fingerprint density at radius 1 is 1.24 bits per heavy atom. The van der Waals surface area contributed by atoms with Crippen LogP contribution >= 0.6 is 0 Å². The lowest BCUT2D eigenvalue weighted by Gasteiger charge is -2.30. The standard InChI is InChI=1S/C20H23N5O4/c1-3-16(22-9-4-11-24-12-10-21-13-24)17-18(26)23-20(28)25(19(17)27)14-5-7-15(29-2)8-6-14/h5-8,10,12-13,17H,3-4,9,11H2,1-2H3,(H,23,26,28). The number of carbonyl (C=O) groups is 3. The highest BCUT2D eigenvalue weighted by atomic mass is 16.5. The number of rotatable bonds is 8. The van der Waals surface area contributed by atoms with Crippen molar-refractivity contribution in [3.63, 3.8) is 0 Å². The second-order valence-electron chi connectivity index (χ2n) is 6.48. The van der Waals surface area contributed by atoms with Crippen LogP contribution in [0.3, 0.4) is 0 Å². The average Bonchev–Trinajstić information content (AvgIpc) is 3.23. The summed E-state index contributed by atoms with van der Waals surface area (Å²) in [6.07, 6.45) is 6.46. The van der Waals surface area contributed by atoms with Crippen LogP contribution in [0.1, 0.15) is 19.8 Å². The number of carbonyl (C=O) groups excluding carboxylic acids is 3. The lowest BCUT2D eigenvalue weighted by molar-refractivity contribution is -0.131. The van der Waals surface area contributed by atoms with Gasteiger partial charge >= 0.3 is 6.03 Å². The number of aryl methyl sites for hydroxylation is 1. The number of methoxy groups -OCH3 is 1. The maximum atomic E-state index is 13.0. The van der Waals surface area contributed by atoms with E-state index in [9.17, 15) is 14.4 Å². The first-order valence-corrected chi connectivity index (χ1v) is 9.37. The molecular weight excluding hydrogens is 374 g/mol. The number of benzene rings is 1. The van der Waals surface area contributed by atoms with E-state index < -0.39 is 23.8 Å². The Morgan fingerprint density at radius 3 is 2.62 bits per heavy atom. The quantitative estimate of drug-likeness (QED) is 0.417. The Morgan fingerprint density at radius 2 is 2.00 bits per heavy atom. The van der Waals surface area contributed by atoms with Gasteiger partial charge in [0.1, 0.15) is 5.75 Å². The molecule has 0 bridgehead atoms. The van der Waals surface area contributed by atoms with Gasteiger partial charge in [0, 0.05) is 31.2 Å². The van der Waals surface area contributed by atoms with Crippen LogP contribution in [0.2, 0.25) is 0 Å². The van der Waals surface area contributed by atoms with E-state index >= 15 is 0 Å². The molecule has 1 saturated heterocycles. The van der Waals surface area contributed by atoms with Gasteiger partial charge < -0.3 is 9.30 Å². The molecule has 0 spiro atoms. The van der Waals surface area contributed by atoms with E-state index in [1.165, 1.54) is 7.11 Å². The molecule has 1 aromatic carbocycles. The first kappa shape index (κ1) is 20.2. The van der Waals surface area contributed by atoms with Gasteiger partial charge in [-0.15, -0.1) is 0 Å². The van der Waals surface area contributed by atoms with Gasteiger partial charge in [-0.2, -0.15) is 0 Å². The van der Waals surface area contributed by atoms with Crippen LogP contribution < -0.4 is 15.0 Å². The number of nitrogens with one attached hydrogen (secondary N) is 1. The second kappa shape index (κ2) is 9.13. The number of hydrogen-bond acceptors (Lipinski definition) is 6. The van der Waals surface area contributed by atoms with Crippen molar-refractivity contribution in [3.8, 4) is 5.75 Å². The van der Waals surface area contributed by atoms with Crippen molar-refractivity contribution in [2.24, 2.45) is 10.9 Å². The third-order valence-electron chi connectivity index (χ3n) is 4.64. The predicted molar refractivity (Wildman–Crippen MR) is 107 cm³/mol. The summed E-state index contributed by atoms with van der Waals surface area (Å²) in [6, 6.07) is 5.71. The minimum Gasteiger partial charge on any atom is -0.497 e. The number of urea groups is 1. The number of hydrogen-bond donors (Lipinski definition) is 1. The normalized spacial score (nSPS) is 17.4. The van der Waals surface area contributed by atoms with Gasteiger partial charge in [0.25, 0.3) is 5.91 Å². The maximum absolute atomic E-state index is 13.0. The third kappa shape index (κ3) is 4.50. The zero-order chi connectivity index (χ0) is 20.8. The summed E-state index contributed by atoms with van der Waals surface area (Å²) >= 11 is 0. The molecule has 4 amide bonds. The minimum atomic E-state index is -1.12. The molecule has 1 aliphatic heterocycles. The lowest BCUT2D eigenvalue weighted by atomic mass is 9.96. The highest BCUT2D eigenvalue weighted by molar-refractivity contribution is 6.35. The number of aromatic nitrogens is 2. The Balaban J connectivity index is 1.76. The Hall–Kier alpha value is -3.49. The molecule has 0 aliphatic carbocycles. The van der Waals surface area contributed by atoms with E-state index in [4.69, 9.17) is 4.74 Å². The van der Waals surface area contributed by atoms with Gasteiger partial charge in [-0.1, -0.05) is 6.92 Å². The van der Waals surface area contributed by atoms with Gasteiger partial charge in [-0.25, -0.2) is 14.7 Å². The molecule has 1 unspecified atom stereocenters. The van der Waals surface area contributed by atoms with Crippen LogP contribution in [0.25, 0.3) is 0 Å². The number of imidazole rings is 1. The number of barbiturate groups is 1. The maximum Gasteiger partial charge on any atom is 0.335 e. The zero-order valence-corrected chi connectivity index (χ0v) is 16.4. The molecule has 2 heterocycles. The fourth-order valence-electron chi connectivity index (χ4n) is 3.15. The Labute approximate surface area is 168 Å². The molecule has 1 N–H and O–H groups in total. The van der Waals surface area contributed by atoms with Crippen LogP contribution in [0.4, 0.5) is 10.5 Å². The summed E-state index contributed by atoms with van der Waals surface area (Å²) in [5.41, 5.74) is 0.825. The fraction of sp³-hybridized carbons (Fsp3) is 0.350. The molecule has 0 saturated carbocycles. The van der Waals surface area contributed by atoms with Gasteiger partial charge in [0.15, 0.2) is 5.92 Å². The molecule has 2 aromatic rings. The fourth-order valence-corrected chi connectivity index (χ4v) is 3.15. The largest absolute Gasteiger partial charge is 0.497 e. The highest BCUT2D eigenvalue weighted by Gasteiger charge is 2.43. The first-order chi connectivity index (χ1) is 14.0. The zero-order valence-electron chi connectivity index (χ0n) is 16.4. The molecule has 1 fully saturated rings. The SMILES string of the molecule is CCC(=NCCCn1ccnc1)C1C(=O)NC(=O)N(c2ccc(OC)cc2)C1=O. The molecule has 1 aliphatic rings. The van der Waals surface area contributed by atoms with E-state index in [-0.39, 0.29) is 0 Å². The van der Waals surface area contributed by atoms with E-state index in [2.05, 4.69) is 15.3 Å². The highest BCUT2D eigenvalue weighted by Crippen LogP contribution is 2.24. The van der Waals surface area contributed by atoms with E-state index in [0.29, 0.717) is 30.1 Å². The van der Waals surface area contributed by atoms with Gasteiger partial charge in [-0.05, 0) is 37.1 Å². The van der Waals surface area contributed by atoms with E-state index in [0.717, 1.165) is 17.9 Å². The summed E-state index contributed by atoms with van der Waals surface area (Å²) in [5.74, 6) is -1.76. The van der Waals surface area contributed by atoms with Crippen molar-refractivity contribution < 1.29 is 19.1 Å². The van der Waals surface area contributed by atoms with Gasteiger partial charge in [0.05, 0.1) is 19.1 Å². The van der Waals surface area contributed by atoms with Crippen molar-refractivity contribution in [1.29, 1.82) is 0 Å². The summed E-state index contributed by atoms with van der Waals surface area (Å²) in [4.78, 5) is 47.2. The minimum absolute atomic E-state index is 0.362. The molecule has 1 aromatic heterocycles. The number of aliphatic imine (C=N–C) groups is 1. The van der Waals surface area contributed by atoms with Crippen molar-refractivity contribution in [2.75, 3.05) is 18.6 Å². The molecule has 152 valence electrons. The molecular formula is C20H23N5O4. The van der Waals surface area contributed by atoms with Crippen molar-refractivity contribution in [2.45, 2.75) is 26.3 Å². The summed E-state index contributed by atoms with van der Waals surface area (Å²) in [5, 5.41) is 2.27. The molecule has 29 heavy (non-hydrogen) atoms. The van der Waals surface area contributed by atoms with Gasteiger partial charge in [0.2, 0.25) is 5.91 Å². The Bertz CT molecular complexity index is 905. The lowest BCUT2D eigenvalue weighted by Crippen LogP contribution is -2.60. The summed E-state index contributed by atoms with van der Waals surface area (Å²) in [6.45, 7) is 3.04. The predicted octanol–water partition coefficient (Wildman–Crippen LogP) is 2.03. The van der Waals surface area contributed by atoms with E-state index in [1.807, 2.05) is 17.7 Å². The van der Waals surface area contributed by atoms with Crippen LogP contribution in [0, 0.1) is 5.92 Å². The molecule has 3 rings (SSSR count). The summed E-state index contributed by atoms with van der Waals surface area (Å²) < 4.78 is 7.04. The van der Waals surface area contributed by atoms with Crippen LogP contribution in [0.5, 0.6) is 5.75 Å². The Kier molecular flexibility index (Phi) is 6.38. The summed E-state index contributed by atoms with van der Waals surface area (Å²) in [7, 11) is 1.53. The molecule has 1 atom stereocenters. The third-order valence-corrected chi connectivity index (χ3v) is 4.64. The first-order valence-electron chi connectivity index (χ1n) is 9.37. The second-order valence-corrected chi connectivity index (χ2v) is 6.48. The number of imide groups is 2. The van der Waals surface area contributed by atoms with Gasteiger partial charge in [-0.3, -0.25) is 19.9 Å². The molecule has 9 nitrogen and oxygen atoms in total. The van der Waals surface area contributed by atoms with Crippen molar-refractivity contribution in [1.82, 2.24) is 14.9 Å².